The van der Waals surface area contributed by atoms with Crippen LogP contribution in [-0.2, 0) is 7.05 Å². The second-order valence-corrected chi connectivity index (χ2v) is 4.16. The van der Waals surface area contributed by atoms with Crippen LogP contribution in [0.2, 0.25) is 0 Å². The lowest BCUT2D eigenvalue weighted by Crippen LogP contribution is -2.16. The Morgan fingerprint density at radius 1 is 1.47 bits per heavy atom. The summed E-state index contributed by atoms with van der Waals surface area (Å²) in [6.07, 6.45) is 0. The topological polar surface area (TPSA) is 96.7 Å². The summed E-state index contributed by atoms with van der Waals surface area (Å²) < 4.78 is 1.50. The summed E-state index contributed by atoms with van der Waals surface area (Å²) >= 11 is 0. The molecule has 2 aromatic rings. The van der Waals surface area contributed by atoms with Crippen molar-refractivity contribution >= 4 is 17.3 Å². The second-order valence-electron chi connectivity index (χ2n) is 4.16. The molecule has 19 heavy (non-hydrogen) atoms. The first kappa shape index (κ1) is 12.6. The third-order valence-corrected chi connectivity index (χ3v) is 2.66. The van der Waals surface area contributed by atoms with Crippen LogP contribution >= 0.6 is 0 Å². The fraction of sp³-hybridized carbons (Fsp3) is 0.154. The van der Waals surface area contributed by atoms with Crippen LogP contribution in [0.25, 0.3) is 0 Å². The van der Waals surface area contributed by atoms with E-state index in [1.807, 2.05) is 13.0 Å². The highest BCUT2D eigenvalue weighted by molar-refractivity contribution is 6.04. The Morgan fingerprint density at radius 2 is 2.21 bits per heavy atom. The fourth-order valence-electron chi connectivity index (χ4n) is 1.76. The number of aryl methyl sites for hydroxylation is 2. The van der Waals surface area contributed by atoms with Crippen molar-refractivity contribution in [3.05, 3.63) is 41.2 Å². The first-order valence-electron chi connectivity index (χ1n) is 5.63. The molecule has 0 atom stereocenters. The van der Waals surface area contributed by atoms with Gasteiger partial charge in [0.2, 0.25) is 0 Å². The molecule has 0 saturated carbocycles. The molecule has 96 valence electrons. The van der Waals surface area contributed by atoms with Crippen molar-refractivity contribution in [2.75, 3.05) is 11.1 Å². The number of hydrogen-bond acceptors (Lipinski definition) is 4. The Labute approximate surface area is 110 Å². The van der Waals surface area contributed by atoms with Gasteiger partial charge in [-0.1, -0.05) is 0 Å². The van der Waals surface area contributed by atoms with E-state index in [2.05, 4.69) is 10.4 Å². The SMILES string of the molecule is Cc1cc(C(=O)Nc2ccc(C#N)cc2N)n(C)n1. The van der Waals surface area contributed by atoms with Crippen molar-refractivity contribution in [1.29, 1.82) is 5.26 Å². The highest BCUT2D eigenvalue weighted by Gasteiger charge is 2.13. The van der Waals surface area contributed by atoms with Crippen molar-refractivity contribution in [3.8, 4) is 6.07 Å². The number of anilines is 2. The van der Waals surface area contributed by atoms with Crippen molar-refractivity contribution in [2.45, 2.75) is 6.92 Å². The summed E-state index contributed by atoms with van der Waals surface area (Å²) in [4.78, 5) is 12.1. The average Bonchev–Trinajstić information content (AvgIpc) is 2.71. The first-order valence-corrected chi connectivity index (χ1v) is 5.63. The summed E-state index contributed by atoms with van der Waals surface area (Å²) in [7, 11) is 1.70. The number of nitrogens with one attached hydrogen (secondary N) is 1. The van der Waals surface area contributed by atoms with E-state index in [1.54, 1.807) is 25.2 Å². The number of nitriles is 1. The van der Waals surface area contributed by atoms with Gasteiger partial charge in [-0.05, 0) is 31.2 Å². The zero-order valence-corrected chi connectivity index (χ0v) is 10.6. The van der Waals surface area contributed by atoms with E-state index in [-0.39, 0.29) is 5.91 Å². The summed E-state index contributed by atoms with van der Waals surface area (Å²) in [5, 5.41) is 15.6. The zero-order valence-electron chi connectivity index (χ0n) is 10.6. The Bertz CT molecular complexity index is 681. The van der Waals surface area contributed by atoms with Crippen LogP contribution in [0.1, 0.15) is 21.7 Å². The summed E-state index contributed by atoms with van der Waals surface area (Å²) in [5.41, 5.74) is 8.27. The molecule has 1 aromatic carbocycles. The van der Waals surface area contributed by atoms with Gasteiger partial charge in [0.05, 0.1) is 28.7 Å². The van der Waals surface area contributed by atoms with Crippen molar-refractivity contribution in [1.82, 2.24) is 9.78 Å². The van der Waals surface area contributed by atoms with Crippen LogP contribution in [0.15, 0.2) is 24.3 Å². The lowest BCUT2D eigenvalue weighted by Gasteiger charge is -2.08. The Morgan fingerprint density at radius 3 is 2.74 bits per heavy atom. The molecule has 0 spiro atoms. The maximum atomic E-state index is 12.1. The average molecular weight is 255 g/mol. The van der Waals surface area contributed by atoms with E-state index in [0.717, 1.165) is 5.69 Å². The minimum atomic E-state index is -0.292. The van der Waals surface area contributed by atoms with Crippen LogP contribution in [0.3, 0.4) is 0 Å². The van der Waals surface area contributed by atoms with E-state index >= 15 is 0 Å². The molecule has 0 aliphatic carbocycles. The molecule has 6 heteroatoms. The number of aromatic nitrogens is 2. The van der Waals surface area contributed by atoms with Gasteiger partial charge in [-0.25, -0.2) is 0 Å². The van der Waals surface area contributed by atoms with E-state index in [4.69, 9.17) is 11.0 Å². The van der Waals surface area contributed by atoms with Gasteiger partial charge in [0.1, 0.15) is 5.69 Å². The van der Waals surface area contributed by atoms with Gasteiger partial charge >= 0.3 is 0 Å². The molecule has 6 nitrogen and oxygen atoms in total. The van der Waals surface area contributed by atoms with Gasteiger partial charge in [-0.15, -0.1) is 0 Å². The van der Waals surface area contributed by atoms with Crippen LogP contribution in [0.4, 0.5) is 11.4 Å². The number of nitrogens with two attached hydrogens (primary N) is 1. The van der Waals surface area contributed by atoms with E-state index in [1.165, 1.54) is 10.7 Å². The lowest BCUT2D eigenvalue weighted by molar-refractivity contribution is 0.101. The van der Waals surface area contributed by atoms with E-state index < -0.39 is 0 Å². The van der Waals surface area contributed by atoms with Crippen LogP contribution < -0.4 is 11.1 Å². The van der Waals surface area contributed by atoms with E-state index in [0.29, 0.717) is 22.6 Å². The van der Waals surface area contributed by atoms with Gasteiger partial charge in [-0.2, -0.15) is 10.4 Å². The molecule has 0 unspecified atom stereocenters. The Balaban J connectivity index is 2.25. The van der Waals surface area contributed by atoms with Crippen LogP contribution in [-0.4, -0.2) is 15.7 Å². The third-order valence-electron chi connectivity index (χ3n) is 2.66. The quantitative estimate of drug-likeness (QED) is 0.793. The summed E-state index contributed by atoms with van der Waals surface area (Å²) in [5.74, 6) is -0.292. The maximum absolute atomic E-state index is 12.1. The number of amides is 1. The van der Waals surface area contributed by atoms with Crippen LogP contribution in [0.5, 0.6) is 0 Å². The number of carbonyl (C=O) groups excluding carboxylic acids is 1. The van der Waals surface area contributed by atoms with E-state index in [9.17, 15) is 4.79 Å². The predicted octanol–water partition coefficient (Wildman–Crippen LogP) is 1.43. The molecule has 0 aliphatic rings. The predicted molar refractivity (Wildman–Crippen MR) is 71.5 cm³/mol. The third kappa shape index (κ3) is 2.55. The molecule has 1 amide bonds. The number of rotatable bonds is 2. The zero-order chi connectivity index (χ0) is 14.0. The number of carbonyl (C=O) groups is 1. The molecule has 0 radical (unpaired) electrons. The largest absolute Gasteiger partial charge is 0.397 e. The monoisotopic (exact) mass is 255 g/mol. The maximum Gasteiger partial charge on any atom is 0.273 e. The molecule has 1 aromatic heterocycles. The van der Waals surface area contributed by atoms with Gasteiger partial charge in [0.25, 0.3) is 5.91 Å². The fourth-order valence-corrected chi connectivity index (χ4v) is 1.76. The number of benzene rings is 1. The number of hydrogen-bond donors (Lipinski definition) is 2. The number of nitrogens with zero attached hydrogens (tertiary/aromatic N) is 3. The molecule has 3 N–H and O–H groups in total. The van der Waals surface area contributed by atoms with Crippen molar-refractivity contribution in [3.63, 3.8) is 0 Å². The van der Waals surface area contributed by atoms with Gasteiger partial charge in [0.15, 0.2) is 0 Å². The van der Waals surface area contributed by atoms with Gasteiger partial charge < -0.3 is 11.1 Å². The molecular formula is C13H13N5O. The van der Waals surface area contributed by atoms with Crippen LogP contribution in [0, 0.1) is 18.3 Å². The van der Waals surface area contributed by atoms with Gasteiger partial charge in [-0.3, -0.25) is 9.48 Å². The molecule has 0 saturated heterocycles. The standard InChI is InChI=1S/C13H13N5O/c1-8-5-12(18(2)17-8)13(19)16-11-4-3-9(7-14)6-10(11)15/h3-6H,15H2,1-2H3,(H,16,19). The highest BCUT2D eigenvalue weighted by Crippen LogP contribution is 2.20. The molecular weight excluding hydrogens is 242 g/mol. The summed E-state index contributed by atoms with van der Waals surface area (Å²) in [6, 6.07) is 8.40. The molecule has 1 heterocycles. The summed E-state index contributed by atoms with van der Waals surface area (Å²) in [6.45, 7) is 1.81. The minimum absolute atomic E-state index is 0.292. The number of nitrogen functional groups attached to an aromatic ring is 1. The van der Waals surface area contributed by atoms with Gasteiger partial charge in [0, 0.05) is 7.05 Å². The Kier molecular flexibility index (Phi) is 3.21. The molecule has 0 bridgehead atoms. The Hall–Kier alpha value is -2.81. The van der Waals surface area contributed by atoms with Crippen molar-refractivity contribution in [2.24, 2.45) is 7.05 Å². The lowest BCUT2D eigenvalue weighted by atomic mass is 10.2. The molecule has 0 aliphatic heterocycles. The smallest absolute Gasteiger partial charge is 0.273 e. The normalized spacial score (nSPS) is 9.95. The first-order chi connectivity index (χ1) is 9.01. The molecule has 2 rings (SSSR count). The highest BCUT2D eigenvalue weighted by atomic mass is 16.2. The minimum Gasteiger partial charge on any atom is -0.397 e. The second kappa shape index (κ2) is 4.82. The molecule has 0 fully saturated rings. The van der Waals surface area contributed by atoms with Crippen molar-refractivity contribution < 1.29 is 4.79 Å².